The summed E-state index contributed by atoms with van der Waals surface area (Å²) in [5.41, 5.74) is 4.60. The van der Waals surface area contributed by atoms with Crippen LogP contribution in [0.25, 0.3) is 0 Å². The molecule has 0 bridgehead atoms. The molecule has 0 unspecified atom stereocenters. The van der Waals surface area contributed by atoms with Crippen molar-refractivity contribution in [3.05, 3.63) is 75.8 Å². The number of aromatic nitrogens is 3. The van der Waals surface area contributed by atoms with Crippen LogP contribution in [-0.2, 0) is 6.61 Å². The highest BCUT2D eigenvalue weighted by molar-refractivity contribution is 5.81. The first-order valence-corrected chi connectivity index (χ1v) is 8.81. The van der Waals surface area contributed by atoms with Gasteiger partial charge in [-0.25, -0.2) is 9.89 Å². The number of hydrazone groups is 1. The van der Waals surface area contributed by atoms with Crippen molar-refractivity contribution in [3.8, 4) is 11.5 Å². The maximum atomic E-state index is 11.2. The predicted molar refractivity (Wildman–Crippen MR) is 107 cm³/mol. The molecule has 1 aromatic heterocycles. The fourth-order valence-corrected chi connectivity index (χ4v) is 2.39. The molecule has 1 heterocycles. The van der Waals surface area contributed by atoms with Crippen LogP contribution in [0.5, 0.6) is 11.5 Å². The van der Waals surface area contributed by atoms with E-state index in [2.05, 4.69) is 25.7 Å². The number of H-pyrrole nitrogens is 1. The summed E-state index contributed by atoms with van der Waals surface area (Å²) in [5, 5.41) is 10.2. The molecule has 0 aliphatic carbocycles. The van der Waals surface area contributed by atoms with Gasteiger partial charge in [-0.2, -0.15) is 15.2 Å². The third kappa shape index (κ3) is 5.16. The zero-order valence-corrected chi connectivity index (χ0v) is 15.7. The largest absolute Gasteiger partial charge is 0.490 e. The molecule has 8 heteroatoms. The normalized spacial score (nSPS) is 10.8. The lowest BCUT2D eigenvalue weighted by Crippen LogP contribution is -2.15. The molecule has 0 fully saturated rings. The Hall–Kier alpha value is -3.68. The Morgan fingerprint density at radius 1 is 1.14 bits per heavy atom. The van der Waals surface area contributed by atoms with Crippen LogP contribution in [0.3, 0.4) is 0 Å². The number of hydrogen-bond donors (Lipinski definition) is 2. The smallest absolute Gasteiger partial charge is 0.363 e. The summed E-state index contributed by atoms with van der Waals surface area (Å²) in [4.78, 5) is 15.0. The molecule has 0 atom stereocenters. The number of anilines is 1. The summed E-state index contributed by atoms with van der Waals surface area (Å²) < 4.78 is 11.6. The SMILES string of the molecule is CCOc1cc(C=NNc2nc(=O)[nH]nc2C)ccc1OCc1ccccc1. The van der Waals surface area contributed by atoms with Crippen molar-refractivity contribution in [1.82, 2.24) is 15.2 Å². The quantitative estimate of drug-likeness (QED) is 0.461. The van der Waals surface area contributed by atoms with E-state index in [-0.39, 0.29) is 0 Å². The van der Waals surface area contributed by atoms with Crippen LogP contribution < -0.4 is 20.6 Å². The number of nitrogens with one attached hydrogen (secondary N) is 2. The zero-order chi connectivity index (χ0) is 19.8. The number of benzene rings is 2. The third-order valence-electron chi connectivity index (χ3n) is 3.76. The lowest BCUT2D eigenvalue weighted by atomic mass is 10.2. The van der Waals surface area contributed by atoms with E-state index < -0.39 is 5.69 Å². The van der Waals surface area contributed by atoms with Crippen molar-refractivity contribution in [1.29, 1.82) is 0 Å². The van der Waals surface area contributed by atoms with Crippen molar-refractivity contribution >= 4 is 12.0 Å². The standard InChI is InChI=1S/C20H21N5O3/c1-3-27-18-11-16(12-21-24-19-14(2)23-25-20(26)22-19)9-10-17(18)28-13-15-7-5-4-6-8-15/h4-12H,3,13H2,1-2H3,(H2,22,24,25,26). The van der Waals surface area contributed by atoms with Gasteiger partial charge in [0.05, 0.1) is 12.8 Å². The van der Waals surface area contributed by atoms with Gasteiger partial charge in [-0.3, -0.25) is 5.43 Å². The summed E-state index contributed by atoms with van der Waals surface area (Å²) >= 11 is 0. The summed E-state index contributed by atoms with van der Waals surface area (Å²) in [7, 11) is 0. The summed E-state index contributed by atoms with van der Waals surface area (Å²) in [6, 6.07) is 15.5. The molecule has 3 rings (SSSR count). The topological polar surface area (TPSA) is 101 Å². The Kier molecular flexibility index (Phi) is 6.35. The van der Waals surface area contributed by atoms with Crippen molar-refractivity contribution in [2.24, 2.45) is 5.10 Å². The van der Waals surface area contributed by atoms with E-state index in [0.717, 1.165) is 11.1 Å². The molecule has 0 aliphatic rings. The van der Waals surface area contributed by atoms with E-state index in [1.165, 1.54) is 0 Å². The Morgan fingerprint density at radius 3 is 2.75 bits per heavy atom. The van der Waals surface area contributed by atoms with Crippen LogP contribution in [0.2, 0.25) is 0 Å². The molecule has 0 radical (unpaired) electrons. The van der Waals surface area contributed by atoms with Gasteiger partial charge in [0.15, 0.2) is 17.3 Å². The van der Waals surface area contributed by atoms with Gasteiger partial charge in [0.1, 0.15) is 12.3 Å². The fraction of sp³-hybridized carbons (Fsp3) is 0.200. The summed E-state index contributed by atoms with van der Waals surface area (Å²) in [5.74, 6) is 1.59. The zero-order valence-electron chi connectivity index (χ0n) is 15.7. The summed E-state index contributed by atoms with van der Waals surface area (Å²) in [6.07, 6.45) is 1.60. The maximum Gasteiger partial charge on any atom is 0.363 e. The number of aromatic amines is 1. The number of rotatable bonds is 8. The number of ether oxygens (including phenoxy) is 2. The molecular formula is C20H21N5O3. The maximum absolute atomic E-state index is 11.2. The van der Waals surface area contributed by atoms with E-state index in [1.54, 1.807) is 13.1 Å². The van der Waals surface area contributed by atoms with Gasteiger partial charge in [0, 0.05) is 0 Å². The molecule has 3 aromatic rings. The molecule has 0 spiro atoms. The van der Waals surface area contributed by atoms with E-state index in [1.807, 2.05) is 55.5 Å². The highest BCUT2D eigenvalue weighted by Gasteiger charge is 2.07. The van der Waals surface area contributed by atoms with Crippen LogP contribution in [-0.4, -0.2) is 28.0 Å². The van der Waals surface area contributed by atoms with Crippen LogP contribution in [0.15, 0.2) is 58.4 Å². The molecule has 2 N–H and O–H groups in total. The first-order valence-electron chi connectivity index (χ1n) is 8.81. The van der Waals surface area contributed by atoms with Gasteiger partial charge in [-0.05, 0) is 43.2 Å². The second-order valence-electron chi connectivity index (χ2n) is 5.86. The highest BCUT2D eigenvalue weighted by atomic mass is 16.5. The Balaban J connectivity index is 1.70. The van der Waals surface area contributed by atoms with Gasteiger partial charge in [-0.15, -0.1) is 0 Å². The average Bonchev–Trinajstić information content (AvgIpc) is 2.71. The molecule has 0 saturated heterocycles. The van der Waals surface area contributed by atoms with Crippen LogP contribution in [0.1, 0.15) is 23.7 Å². The van der Waals surface area contributed by atoms with E-state index >= 15 is 0 Å². The fourth-order valence-electron chi connectivity index (χ4n) is 2.39. The Labute approximate surface area is 162 Å². The lowest BCUT2D eigenvalue weighted by molar-refractivity contribution is 0.269. The van der Waals surface area contributed by atoms with Gasteiger partial charge in [0.2, 0.25) is 0 Å². The van der Waals surface area contributed by atoms with Crippen LogP contribution >= 0.6 is 0 Å². The van der Waals surface area contributed by atoms with Crippen LogP contribution in [0.4, 0.5) is 5.82 Å². The van der Waals surface area contributed by atoms with E-state index in [0.29, 0.717) is 36.2 Å². The van der Waals surface area contributed by atoms with Gasteiger partial charge in [0.25, 0.3) is 0 Å². The van der Waals surface area contributed by atoms with Crippen molar-refractivity contribution in [2.75, 3.05) is 12.0 Å². The van der Waals surface area contributed by atoms with Crippen molar-refractivity contribution < 1.29 is 9.47 Å². The van der Waals surface area contributed by atoms with Crippen LogP contribution in [0, 0.1) is 6.92 Å². The number of hydrogen-bond acceptors (Lipinski definition) is 7. The minimum absolute atomic E-state index is 0.299. The molecule has 0 saturated carbocycles. The predicted octanol–water partition coefficient (Wildman–Crippen LogP) is 2.90. The van der Waals surface area contributed by atoms with E-state index in [9.17, 15) is 4.79 Å². The Bertz CT molecular complexity index is 1000. The third-order valence-corrected chi connectivity index (χ3v) is 3.76. The second-order valence-corrected chi connectivity index (χ2v) is 5.86. The number of nitrogens with zero attached hydrogens (tertiary/aromatic N) is 3. The van der Waals surface area contributed by atoms with Gasteiger partial charge >= 0.3 is 5.69 Å². The molecular weight excluding hydrogens is 358 g/mol. The Morgan fingerprint density at radius 2 is 1.96 bits per heavy atom. The highest BCUT2D eigenvalue weighted by Crippen LogP contribution is 2.29. The molecule has 2 aromatic carbocycles. The summed E-state index contributed by atoms with van der Waals surface area (Å²) in [6.45, 7) is 4.60. The van der Waals surface area contributed by atoms with E-state index in [4.69, 9.17) is 9.47 Å². The first kappa shape index (κ1) is 19.1. The average molecular weight is 379 g/mol. The lowest BCUT2D eigenvalue weighted by Gasteiger charge is -2.12. The molecule has 8 nitrogen and oxygen atoms in total. The van der Waals surface area contributed by atoms with Gasteiger partial charge < -0.3 is 9.47 Å². The monoisotopic (exact) mass is 379 g/mol. The first-order chi connectivity index (χ1) is 13.7. The minimum atomic E-state index is -0.540. The van der Waals surface area contributed by atoms with Gasteiger partial charge in [-0.1, -0.05) is 30.3 Å². The molecule has 28 heavy (non-hydrogen) atoms. The number of aryl methyl sites for hydroxylation is 1. The van der Waals surface area contributed by atoms with Crippen molar-refractivity contribution in [3.63, 3.8) is 0 Å². The second kappa shape index (κ2) is 9.31. The molecule has 0 aliphatic heterocycles. The minimum Gasteiger partial charge on any atom is -0.490 e. The van der Waals surface area contributed by atoms with Crippen molar-refractivity contribution in [2.45, 2.75) is 20.5 Å². The molecule has 144 valence electrons. The molecule has 0 amide bonds.